The van der Waals surface area contributed by atoms with Crippen LogP contribution in [0.1, 0.15) is 11.1 Å². The Bertz CT molecular complexity index is 589. The molecule has 0 fully saturated rings. The minimum Gasteiger partial charge on any atom is -0.258 e. The minimum atomic E-state index is -0.391. The van der Waals surface area contributed by atoms with Gasteiger partial charge in [0, 0.05) is 23.3 Å². The summed E-state index contributed by atoms with van der Waals surface area (Å²) in [4.78, 5) is 10.2. The van der Waals surface area contributed by atoms with E-state index in [4.69, 9.17) is 0 Å². The fraction of sp³-hybridized carbons (Fsp3) is 0.133. The van der Waals surface area contributed by atoms with Crippen LogP contribution < -0.4 is 0 Å². The smallest absolute Gasteiger partial charge is 0.258 e. The zero-order chi connectivity index (χ0) is 13.7. The lowest BCUT2D eigenvalue weighted by molar-refractivity contribution is -0.508. The van der Waals surface area contributed by atoms with Crippen molar-refractivity contribution in [2.45, 2.75) is 6.54 Å². The maximum absolute atomic E-state index is 10.6. The maximum atomic E-state index is 10.6. The summed E-state index contributed by atoms with van der Waals surface area (Å²) in [6.07, 6.45) is 1.97. The van der Waals surface area contributed by atoms with E-state index in [0.717, 1.165) is 12.1 Å². The summed E-state index contributed by atoms with van der Waals surface area (Å²) in [5, 5.41) is 10.6. The molecular formula is C15H15N2O2+. The van der Waals surface area contributed by atoms with Gasteiger partial charge < -0.3 is 0 Å². The first-order chi connectivity index (χ1) is 9.15. The molecule has 2 rings (SSSR count). The van der Waals surface area contributed by atoms with Crippen molar-refractivity contribution >= 4 is 11.9 Å². The minimum absolute atomic E-state index is 0.114. The molecule has 0 saturated heterocycles. The van der Waals surface area contributed by atoms with Gasteiger partial charge in [-0.3, -0.25) is 10.1 Å². The van der Waals surface area contributed by atoms with Crippen LogP contribution >= 0.6 is 0 Å². The van der Waals surface area contributed by atoms with Crippen molar-refractivity contribution in [3.05, 3.63) is 75.8 Å². The number of hydrogen-bond acceptors (Lipinski definition) is 2. The Balaban J connectivity index is 2.10. The molecule has 0 aromatic heterocycles. The van der Waals surface area contributed by atoms with Crippen LogP contribution in [-0.2, 0) is 6.54 Å². The molecule has 0 radical (unpaired) electrons. The van der Waals surface area contributed by atoms with Crippen LogP contribution in [0.3, 0.4) is 0 Å². The molecule has 2 aromatic rings. The van der Waals surface area contributed by atoms with E-state index >= 15 is 0 Å². The van der Waals surface area contributed by atoms with E-state index in [1.165, 1.54) is 17.7 Å². The van der Waals surface area contributed by atoms with Crippen molar-refractivity contribution in [3.63, 3.8) is 0 Å². The van der Waals surface area contributed by atoms with Gasteiger partial charge in [-0.05, 0) is 12.1 Å². The largest absolute Gasteiger partial charge is 0.269 e. The lowest BCUT2D eigenvalue weighted by atomic mass is 10.2. The van der Waals surface area contributed by atoms with Gasteiger partial charge in [-0.15, -0.1) is 0 Å². The molecule has 0 aliphatic heterocycles. The summed E-state index contributed by atoms with van der Waals surface area (Å²) >= 11 is 0. The molecule has 0 unspecified atom stereocenters. The standard InChI is InChI=1S/C15H15N2O2/c1-16(11-13-5-3-2-4-6-13)12-14-7-9-15(10-8-14)17(18)19/h2-10,12H,11H2,1H3/q+1. The summed E-state index contributed by atoms with van der Waals surface area (Å²) in [6.45, 7) is 0.803. The summed E-state index contributed by atoms with van der Waals surface area (Å²) in [5.74, 6) is 0. The second-order valence-corrected chi connectivity index (χ2v) is 4.38. The van der Waals surface area contributed by atoms with Crippen molar-refractivity contribution in [2.24, 2.45) is 0 Å². The van der Waals surface area contributed by atoms with Crippen molar-refractivity contribution in [1.29, 1.82) is 0 Å². The predicted octanol–water partition coefficient (Wildman–Crippen LogP) is 2.86. The molecule has 19 heavy (non-hydrogen) atoms. The van der Waals surface area contributed by atoms with E-state index in [1.54, 1.807) is 12.1 Å². The Morgan fingerprint density at radius 2 is 1.68 bits per heavy atom. The first kappa shape index (κ1) is 13.0. The van der Waals surface area contributed by atoms with Crippen LogP contribution in [0.5, 0.6) is 0 Å². The summed E-state index contributed by atoms with van der Waals surface area (Å²) in [6, 6.07) is 16.7. The molecule has 0 bridgehead atoms. The van der Waals surface area contributed by atoms with Crippen molar-refractivity contribution < 1.29 is 9.50 Å². The van der Waals surface area contributed by atoms with E-state index in [0.29, 0.717) is 0 Å². The Kier molecular flexibility index (Phi) is 4.03. The van der Waals surface area contributed by atoms with Crippen molar-refractivity contribution in [3.8, 4) is 0 Å². The lowest BCUT2D eigenvalue weighted by Gasteiger charge is -1.98. The average molecular weight is 255 g/mol. The molecule has 2 aromatic carbocycles. The van der Waals surface area contributed by atoms with Gasteiger partial charge in [-0.25, -0.2) is 4.58 Å². The quantitative estimate of drug-likeness (QED) is 0.365. The third-order valence-corrected chi connectivity index (χ3v) is 2.75. The molecule has 4 nitrogen and oxygen atoms in total. The van der Waals surface area contributed by atoms with Crippen molar-refractivity contribution in [1.82, 2.24) is 0 Å². The molecule has 0 aliphatic carbocycles. The van der Waals surface area contributed by atoms with E-state index in [-0.39, 0.29) is 5.69 Å². The van der Waals surface area contributed by atoms with E-state index in [1.807, 2.05) is 31.5 Å². The van der Waals surface area contributed by atoms with Crippen LogP contribution in [0.4, 0.5) is 5.69 Å². The molecule has 96 valence electrons. The fourth-order valence-corrected chi connectivity index (χ4v) is 1.85. The van der Waals surface area contributed by atoms with E-state index < -0.39 is 4.92 Å². The SMILES string of the molecule is C[N+](=Cc1ccc([N+](=O)[O-])cc1)Cc1ccccc1. The van der Waals surface area contributed by atoms with Gasteiger partial charge in [-0.1, -0.05) is 30.3 Å². The number of nitro benzene ring substituents is 1. The lowest BCUT2D eigenvalue weighted by Crippen LogP contribution is -2.07. The monoisotopic (exact) mass is 255 g/mol. The Labute approximate surface area is 111 Å². The van der Waals surface area contributed by atoms with E-state index in [9.17, 15) is 10.1 Å². The average Bonchev–Trinajstić information content (AvgIpc) is 2.40. The summed E-state index contributed by atoms with van der Waals surface area (Å²) in [7, 11) is 1.98. The molecule has 0 N–H and O–H groups in total. The highest BCUT2D eigenvalue weighted by molar-refractivity contribution is 5.75. The van der Waals surface area contributed by atoms with Crippen LogP contribution in [0, 0.1) is 10.1 Å². The highest BCUT2D eigenvalue weighted by atomic mass is 16.6. The number of nitrogens with zero attached hydrogens (tertiary/aromatic N) is 2. The van der Waals surface area contributed by atoms with Gasteiger partial charge in [0.05, 0.1) is 4.92 Å². The zero-order valence-electron chi connectivity index (χ0n) is 10.7. The van der Waals surface area contributed by atoms with Gasteiger partial charge in [0.25, 0.3) is 5.69 Å². The van der Waals surface area contributed by atoms with Crippen LogP contribution in [0.2, 0.25) is 0 Å². The molecule has 0 saturated carbocycles. The first-order valence-electron chi connectivity index (χ1n) is 5.98. The molecule has 4 heteroatoms. The molecule has 0 aliphatic rings. The second-order valence-electron chi connectivity index (χ2n) is 4.38. The molecule has 0 amide bonds. The molecule has 0 heterocycles. The summed E-state index contributed by atoms with van der Waals surface area (Å²) < 4.78 is 2.05. The second kappa shape index (κ2) is 5.91. The zero-order valence-corrected chi connectivity index (χ0v) is 10.7. The normalized spacial score (nSPS) is 11.3. The number of benzene rings is 2. The third kappa shape index (κ3) is 3.74. The van der Waals surface area contributed by atoms with Gasteiger partial charge >= 0.3 is 0 Å². The Hall–Kier alpha value is -2.49. The van der Waals surface area contributed by atoms with Gasteiger partial charge in [0.15, 0.2) is 12.8 Å². The van der Waals surface area contributed by atoms with Gasteiger partial charge in [0.2, 0.25) is 0 Å². The summed E-state index contributed by atoms with van der Waals surface area (Å²) in [5.41, 5.74) is 2.29. The van der Waals surface area contributed by atoms with Gasteiger partial charge in [-0.2, -0.15) is 0 Å². The van der Waals surface area contributed by atoms with Crippen molar-refractivity contribution in [2.75, 3.05) is 7.05 Å². The predicted molar refractivity (Wildman–Crippen MR) is 74.6 cm³/mol. The molecule has 0 spiro atoms. The number of rotatable bonds is 4. The Morgan fingerprint density at radius 1 is 1.05 bits per heavy atom. The van der Waals surface area contributed by atoms with E-state index in [2.05, 4.69) is 16.7 Å². The fourth-order valence-electron chi connectivity index (χ4n) is 1.85. The third-order valence-electron chi connectivity index (χ3n) is 2.75. The number of nitro groups is 1. The van der Waals surface area contributed by atoms with Gasteiger partial charge in [0.1, 0.15) is 7.05 Å². The Morgan fingerprint density at radius 3 is 2.26 bits per heavy atom. The van der Waals surface area contributed by atoms with Crippen LogP contribution in [0.15, 0.2) is 54.6 Å². The molecular weight excluding hydrogens is 240 g/mol. The highest BCUT2D eigenvalue weighted by Crippen LogP contribution is 2.10. The topological polar surface area (TPSA) is 46.1 Å². The van der Waals surface area contributed by atoms with Crippen LogP contribution in [0.25, 0.3) is 0 Å². The highest BCUT2D eigenvalue weighted by Gasteiger charge is 2.05. The maximum Gasteiger partial charge on any atom is 0.269 e. The first-order valence-corrected chi connectivity index (χ1v) is 5.98. The van der Waals surface area contributed by atoms with Crippen LogP contribution in [-0.4, -0.2) is 22.8 Å². The number of non-ortho nitro benzene ring substituents is 1. The number of hydrogen-bond donors (Lipinski definition) is 0. The molecule has 0 atom stereocenters.